The molecule has 0 aliphatic rings. The van der Waals surface area contributed by atoms with Crippen LogP contribution in [-0.4, -0.2) is 18.4 Å². The highest BCUT2D eigenvalue weighted by atomic mass is 16.1. The van der Waals surface area contributed by atoms with Crippen molar-refractivity contribution >= 4 is 11.9 Å². The number of guanidine groups is 1. The summed E-state index contributed by atoms with van der Waals surface area (Å²) in [4.78, 5) is 14.7. The molecule has 0 rings (SSSR count). The molecule has 0 radical (unpaired) electrons. The molecule has 0 spiro atoms. The van der Waals surface area contributed by atoms with Crippen molar-refractivity contribution < 1.29 is 4.79 Å². The van der Waals surface area contributed by atoms with Gasteiger partial charge in [-0.25, -0.2) is 0 Å². The molecule has 0 saturated carbocycles. The largest absolute Gasteiger partial charge is 0.370 e. The van der Waals surface area contributed by atoms with Gasteiger partial charge >= 0.3 is 0 Å². The minimum atomic E-state index is -0.291. The van der Waals surface area contributed by atoms with Crippen LogP contribution in [0.3, 0.4) is 0 Å². The van der Waals surface area contributed by atoms with E-state index in [0.717, 1.165) is 0 Å². The first-order chi connectivity index (χ1) is 5.95. The maximum Gasteiger partial charge on any atom is 0.220 e. The number of nitrogens with two attached hydrogens (primary N) is 3. The molecule has 1 atom stereocenters. The predicted molar refractivity (Wildman–Crippen MR) is 52.8 cm³/mol. The molecule has 76 valence electrons. The van der Waals surface area contributed by atoms with Gasteiger partial charge in [0, 0.05) is 12.5 Å². The van der Waals surface area contributed by atoms with Crippen LogP contribution in [0.2, 0.25) is 0 Å². The first-order valence-corrected chi connectivity index (χ1v) is 4.29. The summed E-state index contributed by atoms with van der Waals surface area (Å²) in [5.41, 5.74) is 15.5. The fourth-order valence-electron chi connectivity index (χ4n) is 1.14. The van der Waals surface area contributed by atoms with Crippen LogP contribution in [0.4, 0.5) is 0 Å². The van der Waals surface area contributed by atoms with Gasteiger partial charge in [-0.1, -0.05) is 13.8 Å². The molecule has 0 aliphatic carbocycles. The van der Waals surface area contributed by atoms with E-state index in [2.05, 4.69) is 4.99 Å². The molecule has 0 fully saturated rings. The Morgan fingerprint density at radius 2 is 1.85 bits per heavy atom. The van der Waals surface area contributed by atoms with E-state index in [1.54, 1.807) is 0 Å². The average Bonchev–Trinajstić information content (AvgIpc) is 1.95. The lowest BCUT2D eigenvalue weighted by molar-refractivity contribution is -0.123. The number of amides is 1. The van der Waals surface area contributed by atoms with Crippen molar-refractivity contribution in [1.29, 1.82) is 0 Å². The van der Waals surface area contributed by atoms with E-state index in [0.29, 0.717) is 13.0 Å². The lowest BCUT2D eigenvalue weighted by Gasteiger charge is -2.15. The summed E-state index contributed by atoms with van der Waals surface area (Å²) in [6.07, 6.45) is 0.602. The third-order valence-electron chi connectivity index (χ3n) is 1.90. The van der Waals surface area contributed by atoms with Gasteiger partial charge in [0.25, 0.3) is 0 Å². The molecule has 0 aliphatic heterocycles. The number of rotatable bonds is 5. The van der Waals surface area contributed by atoms with Crippen molar-refractivity contribution in [2.75, 3.05) is 6.54 Å². The molecule has 6 N–H and O–H groups in total. The summed E-state index contributed by atoms with van der Waals surface area (Å²) < 4.78 is 0. The summed E-state index contributed by atoms with van der Waals surface area (Å²) in [5, 5.41) is 0. The highest BCUT2D eigenvalue weighted by molar-refractivity contribution is 5.77. The molecule has 0 aromatic heterocycles. The van der Waals surface area contributed by atoms with E-state index in [-0.39, 0.29) is 23.7 Å². The van der Waals surface area contributed by atoms with Crippen molar-refractivity contribution in [2.24, 2.45) is 34.0 Å². The van der Waals surface area contributed by atoms with Crippen LogP contribution in [-0.2, 0) is 4.79 Å². The van der Waals surface area contributed by atoms with E-state index in [1.807, 2.05) is 13.8 Å². The monoisotopic (exact) mass is 186 g/mol. The van der Waals surface area contributed by atoms with Crippen molar-refractivity contribution in [3.05, 3.63) is 0 Å². The van der Waals surface area contributed by atoms with Gasteiger partial charge in [-0.05, 0) is 12.3 Å². The fraction of sp³-hybridized carbons (Fsp3) is 0.750. The third-order valence-corrected chi connectivity index (χ3v) is 1.90. The molecule has 5 heteroatoms. The Hall–Kier alpha value is -1.26. The summed E-state index contributed by atoms with van der Waals surface area (Å²) in [5.74, 6) is -0.164. The Morgan fingerprint density at radius 3 is 2.15 bits per heavy atom. The maximum absolute atomic E-state index is 10.9. The number of primary amides is 1. The Morgan fingerprint density at radius 1 is 1.31 bits per heavy atom. The summed E-state index contributed by atoms with van der Waals surface area (Å²) in [7, 11) is 0. The Balaban J connectivity index is 3.98. The number of hydrogen-bond donors (Lipinski definition) is 3. The van der Waals surface area contributed by atoms with E-state index >= 15 is 0 Å². The molecular weight excluding hydrogens is 168 g/mol. The fourth-order valence-corrected chi connectivity index (χ4v) is 1.14. The highest BCUT2D eigenvalue weighted by Crippen LogP contribution is 2.14. The van der Waals surface area contributed by atoms with Crippen LogP contribution in [0.25, 0.3) is 0 Å². The molecule has 0 aromatic carbocycles. The van der Waals surface area contributed by atoms with Gasteiger partial charge in [-0.3, -0.25) is 9.79 Å². The normalized spacial score (nSPS) is 12.5. The van der Waals surface area contributed by atoms with Crippen LogP contribution in [0.1, 0.15) is 20.3 Å². The highest BCUT2D eigenvalue weighted by Gasteiger charge is 2.18. The zero-order chi connectivity index (χ0) is 10.4. The first-order valence-electron chi connectivity index (χ1n) is 4.29. The number of carbonyl (C=O) groups excluding carboxylic acids is 1. The standard InChI is InChI=1S/C8H18N4O/c1-5(2)6(7(9)13)3-4-12-8(10)11/h5-6H,3-4H2,1-2H3,(H2,9,13)(H4,10,11,12)/t6-/m0/s1. The Labute approximate surface area is 78.4 Å². The lowest BCUT2D eigenvalue weighted by Crippen LogP contribution is -2.29. The van der Waals surface area contributed by atoms with Crippen LogP contribution in [0.15, 0.2) is 4.99 Å². The minimum Gasteiger partial charge on any atom is -0.370 e. The molecule has 5 nitrogen and oxygen atoms in total. The van der Waals surface area contributed by atoms with Gasteiger partial charge in [-0.2, -0.15) is 0 Å². The maximum atomic E-state index is 10.9. The zero-order valence-corrected chi connectivity index (χ0v) is 8.16. The molecule has 0 saturated heterocycles. The molecular formula is C8H18N4O. The van der Waals surface area contributed by atoms with Crippen LogP contribution in [0.5, 0.6) is 0 Å². The van der Waals surface area contributed by atoms with E-state index in [4.69, 9.17) is 17.2 Å². The van der Waals surface area contributed by atoms with Gasteiger partial charge in [0.2, 0.25) is 5.91 Å². The minimum absolute atomic E-state index is 0.0481. The van der Waals surface area contributed by atoms with Crippen LogP contribution in [0, 0.1) is 11.8 Å². The average molecular weight is 186 g/mol. The van der Waals surface area contributed by atoms with Crippen molar-refractivity contribution in [1.82, 2.24) is 0 Å². The van der Waals surface area contributed by atoms with Crippen molar-refractivity contribution in [3.63, 3.8) is 0 Å². The van der Waals surface area contributed by atoms with Crippen LogP contribution >= 0.6 is 0 Å². The second kappa shape index (κ2) is 5.40. The zero-order valence-electron chi connectivity index (χ0n) is 8.16. The van der Waals surface area contributed by atoms with Gasteiger partial charge in [0.15, 0.2) is 5.96 Å². The van der Waals surface area contributed by atoms with Crippen molar-refractivity contribution in [2.45, 2.75) is 20.3 Å². The number of nitrogens with zero attached hydrogens (tertiary/aromatic N) is 1. The van der Waals surface area contributed by atoms with Gasteiger partial charge in [0.1, 0.15) is 0 Å². The van der Waals surface area contributed by atoms with Gasteiger partial charge in [0.05, 0.1) is 0 Å². The predicted octanol–water partition coefficient (Wildman–Crippen LogP) is -0.593. The topological polar surface area (TPSA) is 107 Å². The smallest absolute Gasteiger partial charge is 0.220 e. The molecule has 0 bridgehead atoms. The lowest BCUT2D eigenvalue weighted by atomic mass is 9.92. The quantitative estimate of drug-likeness (QED) is 0.394. The molecule has 1 amide bonds. The molecule has 0 aromatic rings. The van der Waals surface area contributed by atoms with E-state index in [9.17, 15) is 4.79 Å². The molecule has 0 heterocycles. The Kier molecular flexibility index (Phi) is 4.87. The summed E-state index contributed by atoms with van der Waals surface area (Å²) >= 11 is 0. The second-order valence-corrected chi connectivity index (χ2v) is 3.35. The molecule has 0 unspecified atom stereocenters. The second-order valence-electron chi connectivity index (χ2n) is 3.35. The summed E-state index contributed by atoms with van der Waals surface area (Å²) in [6.45, 7) is 4.35. The van der Waals surface area contributed by atoms with Crippen molar-refractivity contribution in [3.8, 4) is 0 Å². The van der Waals surface area contributed by atoms with Gasteiger partial charge in [-0.15, -0.1) is 0 Å². The number of hydrogen-bond acceptors (Lipinski definition) is 2. The van der Waals surface area contributed by atoms with E-state index in [1.165, 1.54) is 0 Å². The summed E-state index contributed by atoms with van der Waals surface area (Å²) in [6, 6.07) is 0. The van der Waals surface area contributed by atoms with Crippen LogP contribution < -0.4 is 17.2 Å². The first kappa shape index (κ1) is 11.7. The van der Waals surface area contributed by atoms with E-state index < -0.39 is 0 Å². The SMILES string of the molecule is CC(C)[C@H](CCN=C(N)N)C(N)=O. The van der Waals surface area contributed by atoms with Gasteiger partial charge < -0.3 is 17.2 Å². The number of aliphatic imine (C=N–C) groups is 1. The molecule has 13 heavy (non-hydrogen) atoms. The number of carbonyl (C=O) groups is 1. The Bertz CT molecular complexity index is 196. The third kappa shape index (κ3) is 5.05.